The number of nitrogens with zero attached hydrogens (tertiary/aromatic N) is 3. The smallest absolute Gasteiger partial charge is 0.418 e. The highest BCUT2D eigenvalue weighted by Gasteiger charge is 2.37. The average Bonchev–Trinajstić information content (AvgIpc) is 2.81. The van der Waals surface area contributed by atoms with Crippen LogP contribution in [0.15, 0.2) is 36.8 Å². The van der Waals surface area contributed by atoms with Crippen LogP contribution < -0.4 is 21.1 Å². The summed E-state index contributed by atoms with van der Waals surface area (Å²) in [6, 6.07) is 2.97. The summed E-state index contributed by atoms with van der Waals surface area (Å²) in [6.07, 6.45) is -1.39. The van der Waals surface area contributed by atoms with E-state index in [0.29, 0.717) is 18.9 Å². The number of nitrogens with two attached hydrogens (primary N) is 1. The first-order chi connectivity index (χ1) is 16.6. The molecule has 4 rings (SSSR count). The standard InChI is InChI=1S/C22H19F5N6O2.ClH/c23-13-2-1-3-14(24)17(13)18-12(22(25,26)27)8-15(28)19(33-18)20(34)32-16-9-30-10-31-21(16)35-11-4-6-29-7-5-11;/h1-3,8-11,29H,4-7,28H2,(H,32,34);1H. The molecule has 36 heavy (non-hydrogen) atoms. The molecule has 8 nitrogen and oxygen atoms in total. The first-order valence-electron chi connectivity index (χ1n) is 10.5. The van der Waals surface area contributed by atoms with Crippen LogP contribution in [0, 0.1) is 11.6 Å². The zero-order valence-corrected chi connectivity index (χ0v) is 19.2. The van der Waals surface area contributed by atoms with Crippen LogP contribution in [0.5, 0.6) is 5.88 Å². The number of alkyl halides is 3. The van der Waals surface area contributed by atoms with E-state index in [-0.39, 0.29) is 30.1 Å². The van der Waals surface area contributed by atoms with Gasteiger partial charge in [-0.1, -0.05) is 6.07 Å². The SMILES string of the molecule is Cl.Nc1cc(C(F)(F)F)c(-c2c(F)cccc2F)nc1C(=O)Nc1cncnc1OC1CCNCC1. The van der Waals surface area contributed by atoms with Gasteiger partial charge in [0.2, 0.25) is 5.88 Å². The Balaban J connectivity index is 0.00000361. The zero-order valence-electron chi connectivity index (χ0n) is 18.4. The molecule has 1 fully saturated rings. The minimum absolute atomic E-state index is 0. The fourth-order valence-electron chi connectivity index (χ4n) is 3.59. The van der Waals surface area contributed by atoms with Crippen LogP contribution in [0.4, 0.5) is 33.3 Å². The number of carbonyl (C=O) groups excluding carboxylic acids is 1. The number of benzene rings is 1. The van der Waals surface area contributed by atoms with Crippen LogP contribution in [0.1, 0.15) is 28.9 Å². The lowest BCUT2D eigenvalue weighted by molar-refractivity contribution is -0.137. The van der Waals surface area contributed by atoms with Gasteiger partial charge in [0.15, 0.2) is 5.69 Å². The summed E-state index contributed by atoms with van der Waals surface area (Å²) >= 11 is 0. The number of nitrogens with one attached hydrogen (secondary N) is 2. The van der Waals surface area contributed by atoms with Crippen molar-refractivity contribution in [3.8, 4) is 17.1 Å². The minimum atomic E-state index is -5.05. The van der Waals surface area contributed by atoms with Crippen LogP contribution in [0.2, 0.25) is 0 Å². The maximum atomic E-state index is 14.3. The van der Waals surface area contributed by atoms with Crippen molar-refractivity contribution in [3.63, 3.8) is 0 Å². The molecule has 2 aromatic heterocycles. The molecule has 0 spiro atoms. The molecule has 1 aliphatic rings. The molecule has 0 unspecified atom stereocenters. The second-order valence-electron chi connectivity index (χ2n) is 7.68. The molecule has 3 heterocycles. The van der Waals surface area contributed by atoms with E-state index < -0.39 is 51.9 Å². The highest BCUT2D eigenvalue weighted by Crippen LogP contribution is 2.39. The van der Waals surface area contributed by atoms with Gasteiger partial charge in [-0.15, -0.1) is 12.4 Å². The van der Waals surface area contributed by atoms with Gasteiger partial charge >= 0.3 is 6.18 Å². The average molecular weight is 531 g/mol. The van der Waals surface area contributed by atoms with Gasteiger partial charge in [0, 0.05) is 0 Å². The first-order valence-corrected chi connectivity index (χ1v) is 10.5. The van der Waals surface area contributed by atoms with Crippen molar-refractivity contribution in [2.24, 2.45) is 0 Å². The third kappa shape index (κ3) is 5.79. The Kier molecular flexibility index (Phi) is 8.25. The summed E-state index contributed by atoms with van der Waals surface area (Å²) in [5.74, 6) is -3.56. The lowest BCUT2D eigenvalue weighted by Gasteiger charge is -2.24. The molecule has 1 aromatic carbocycles. The first kappa shape index (κ1) is 27.0. The van der Waals surface area contributed by atoms with Crippen molar-refractivity contribution >= 4 is 29.7 Å². The molecule has 0 aliphatic carbocycles. The summed E-state index contributed by atoms with van der Waals surface area (Å²) in [6.45, 7) is 1.47. The minimum Gasteiger partial charge on any atom is -0.473 e. The number of rotatable bonds is 5. The number of anilines is 2. The highest BCUT2D eigenvalue weighted by molar-refractivity contribution is 6.07. The number of hydrogen-bond acceptors (Lipinski definition) is 7. The molecule has 1 saturated heterocycles. The molecular formula is C22H20ClF5N6O2. The number of halogens is 6. The molecule has 1 amide bonds. The number of aromatic nitrogens is 3. The fourth-order valence-corrected chi connectivity index (χ4v) is 3.59. The van der Waals surface area contributed by atoms with Gasteiger partial charge in [-0.3, -0.25) is 4.79 Å². The topological polar surface area (TPSA) is 115 Å². The summed E-state index contributed by atoms with van der Waals surface area (Å²) in [4.78, 5) is 24.4. The zero-order chi connectivity index (χ0) is 25.2. The van der Waals surface area contributed by atoms with Crippen LogP contribution in [0.25, 0.3) is 11.3 Å². The summed E-state index contributed by atoms with van der Waals surface area (Å²) in [7, 11) is 0. The number of pyridine rings is 1. The Morgan fingerprint density at radius 1 is 1.17 bits per heavy atom. The van der Waals surface area contributed by atoms with Crippen LogP contribution in [0.3, 0.4) is 0 Å². The van der Waals surface area contributed by atoms with E-state index in [1.54, 1.807) is 0 Å². The molecule has 4 N–H and O–H groups in total. The van der Waals surface area contributed by atoms with Gasteiger partial charge in [0.1, 0.15) is 29.8 Å². The largest absolute Gasteiger partial charge is 0.473 e. The van der Waals surface area contributed by atoms with Gasteiger partial charge < -0.3 is 21.1 Å². The molecule has 14 heteroatoms. The third-order valence-electron chi connectivity index (χ3n) is 5.26. The quantitative estimate of drug-likeness (QED) is 0.423. The Labute approximate surface area is 207 Å². The number of hydrogen-bond donors (Lipinski definition) is 3. The Morgan fingerprint density at radius 2 is 1.83 bits per heavy atom. The number of carbonyl (C=O) groups is 1. The predicted molar refractivity (Wildman–Crippen MR) is 123 cm³/mol. The van der Waals surface area contributed by atoms with E-state index in [1.807, 2.05) is 0 Å². The van der Waals surface area contributed by atoms with Crippen molar-refractivity contribution in [1.29, 1.82) is 0 Å². The summed E-state index contributed by atoms with van der Waals surface area (Å²) in [5.41, 5.74) is 0.772. The molecule has 0 saturated carbocycles. The van der Waals surface area contributed by atoms with Crippen molar-refractivity contribution in [2.75, 3.05) is 24.1 Å². The van der Waals surface area contributed by atoms with Gasteiger partial charge in [-0.2, -0.15) is 18.2 Å². The van der Waals surface area contributed by atoms with Gasteiger partial charge in [-0.25, -0.2) is 18.7 Å². The van der Waals surface area contributed by atoms with E-state index in [9.17, 15) is 26.7 Å². The van der Waals surface area contributed by atoms with E-state index in [1.165, 1.54) is 12.5 Å². The predicted octanol–water partition coefficient (Wildman–Crippen LogP) is 4.22. The Hall–Kier alpha value is -3.58. The molecule has 1 aliphatic heterocycles. The second-order valence-corrected chi connectivity index (χ2v) is 7.68. The summed E-state index contributed by atoms with van der Waals surface area (Å²) in [5, 5.41) is 5.59. The lowest BCUT2D eigenvalue weighted by atomic mass is 10.0. The van der Waals surface area contributed by atoms with Crippen LogP contribution in [-0.2, 0) is 6.18 Å². The van der Waals surface area contributed by atoms with Crippen molar-refractivity contribution in [3.05, 3.63) is 59.7 Å². The van der Waals surface area contributed by atoms with E-state index in [0.717, 1.165) is 31.3 Å². The number of nitrogen functional groups attached to an aromatic ring is 1. The number of amides is 1. The van der Waals surface area contributed by atoms with E-state index >= 15 is 0 Å². The van der Waals surface area contributed by atoms with Crippen molar-refractivity contribution in [1.82, 2.24) is 20.3 Å². The highest BCUT2D eigenvalue weighted by atomic mass is 35.5. The second kappa shape index (κ2) is 11.0. The molecular weight excluding hydrogens is 511 g/mol. The van der Waals surface area contributed by atoms with Gasteiger partial charge in [0.25, 0.3) is 5.91 Å². The Morgan fingerprint density at radius 3 is 2.47 bits per heavy atom. The molecule has 0 bridgehead atoms. The normalized spacial score (nSPS) is 14.1. The van der Waals surface area contributed by atoms with Gasteiger partial charge in [0.05, 0.1) is 28.7 Å². The molecule has 3 aromatic rings. The van der Waals surface area contributed by atoms with Gasteiger partial charge in [-0.05, 0) is 44.1 Å². The molecule has 0 atom stereocenters. The van der Waals surface area contributed by atoms with E-state index in [2.05, 4.69) is 25.6 Å². The monoisotopic (exact) mass is 530 g/mol. The maximum Gasteiger partial charge on any atom is 0.418 e. The molecule has 0 radical (unpaired) electrons. The molecule has 192 valence electrons. The summed E-state index contributed by atoms with van der Waals surface area (Å²) < 4.78 is 75.5. The number of piperidine rings is 1. The van der Waals surface area contributed by atoms with Crippen LogP contribution >= 0.6 is 12.4 Å². The van der Waals surface area contributed by atoms with Crippen molar-refractivity contribution < 1.29 is 31.5 Å². The fraction of sp³-hybridized carbons (Fsp3) is 0.273. The van der Waals surface area contributed by atoms with E-state index in [4.69, 9.17) is 10.5 Å². The number of ether oxygens (including phenoxy) is 1. The third-order valence-corrected chi connectivity index (χ3v) is 5.26. The Bertz CT molecular complexity index is 1230. The lowest BCUT2D eigenvalue weighted by Crippen LogP contribution is -2.34. The van der Waals surface area contributed by atoms with Crippen LogP contribution in [-0.4, -0.2) is 40.1 Å². The maximum absolute atomic E-state index is 14.3. The van der Waals surface area contributed by atoms with Crippen molar-refractivity contribution in [2.45, 2.75) is 25.1 Å².